The van der Waals surface area contributed by atoms with E-state index < -0.39 is 0 Å². The van der Waals surface area contributed by atoms with Crippen molar-refractivity contribution in [2.75, 3.05) is 13.2 Å². The van der Waals surface area contributed by atoms with Crippen LogP contribution >= 0.6 is 0 Å². The molecular weight excluding hydrogens is 442 g/mol. The van der Waals surface area contributed by atoms with Crippen LogP contribution in [0.4, 0.5) is 0 Å². The summed E-state index contributed by atoms with van der Waals surface area (Å²) in [5.74, 6) is 0.112. The first-order valence-corrected chi connectivity index (χ1v) is 12.2. The second kappa shape index (κ2) is 9.24. The largest absolute Gasteiger partial charge is 0.353 e. The molecule has 5 aromatic rings. The smallest absolute Gasteiger partial charge is 0.157 e. The lowest BCUT2D eigenvalue weighted by Crippen LogP contribution is -2.24. The summed E-state index contributed by atoms with van der Waals surface area (Å²) in [6.07, 6.45) is 11.0. The third kappa shape index (κ3) is 4.44. The Hall–Kier alpha value is -3.56. The highest BCUT2D eigenvalue weighted by molar-refractivity contribution is 5.79. The number of hydrogen-bond donors (Lipinski definition) is 0. The molecule has 1 aliphatic rings. The quantitative estimate of drug-likeness (QED) is 0.354. The first kappa shape index (κ1) is 21.9. The summed E-state index contributed by atoms with van der Waals surface area (Å²) in [6.45, 7) is 4.28. The maximum absolute atomic E-state index is 5.87. The summed E-state index contributed by atoms with van der Waals surface area (Å²) in [6, 6.07) is 10.4. The van der Waals surface area contributed by atoms with Gasteiger partial charge in [0.05, 0.1) is 42.4 Å². The van der Waals surface area contributed by atoms with Crippen LogP contribution in [0.15, 0.2) is 55.1 Å². The van der Waals surface area contributed by atoms with Gasteiger partial charge in [-0.3, -0.25) is 9.36 Å². The van der Waals surface area contributed by atoms with Crippen molar-refractivity contribution in [3.8, 4) is 11.3 Å². The third-order valence-corrected chi connectivity index (χ3v) is 6.67. The Morgan fingerprint density at radius 1 is 1.11 bits per heavy atom. The summed E-state index contributed by atoms with van der Waals surface area (Å²) >= 11 is 0. The molecule has 9 heteroatoms. The molecule has 35 heavy (non-hydrogen) atoms. The number of aromatic nitrogens is 7. The Labute approximate surface area is 203 Å². The van der Waals surface area contributed by atoms with Crippen molar-refractivity contribution in [2.45, 2.75) is 44.9 Å². The summed E-state index contributed by atoms with van der Waals surface area (Å²) in [5, 5.41) is 15.0. The minimum atomic E-state index is -0.0704. The van der Waals surface area contributed by atoms with Crippen LogP contribution in [-0.2, 0) is 23.1 Å². The monoisotopic (exact) mass is 471 g/mol. The van der Waals surface area contributed by atoms with Crippen LogP contribution in [0.1, 0.15) is 43.4 Å². The zero-order chi connectivity index (χ0) is 23.8. The van der Waals surface area contributed by atoms with Gasteiger partial charge in [-0.25, -0.2) is 9.50 Å². The van der Waals surface area contributed by atoms with Crippen molar-refractivity contribution < 1.29 is 9.47 Å². The summed E-state index contributed by atoms with van der Waals surface area (Å²) in [5.41, 5.74) is 5.89. The second-order valence-corrected chi connectivity index (χ2v) is 9.17. The first-order valence-electron chi connectivity index (χ1n) is 12.2. The number of fused-ring (bicyclic) bond motifs is 2. The van der Waals surface area contributed by atoms with E-state index in [4.69, 9.17) is 19.7 Å². The van der Waals surface area contributed by atoms with E-state index >= 15 is 0 Å². The molecule has 1 unspecified atom stereocenters. The summed E-state index contributed by atoms with van der Waals surface area (Å²) < 4.78 is 17.2. The molecule has 0 saturated carbocycles. The highest BCUT2D eigenvalue weighted by Crippen LogP contribution is 2.28. The zero-order valence-corrected chi connectivity index (χ0v) is 20.0. The predicted octanol–water partition coefficient (Wildman–Crippen LogP) is 4.17. The molecule has 1 aliphatic heterocycles. The summed E-state index contributed by atoms with van der Waals surface area (Å²) in [4.78, 5) is 4.58. The zero-order valence-electron chi connectivity index (χ0n) is 20.0. The molecule has 0 aliphatic carbocycles. The minimum absolute atomic E-state index is 0.0704. The highest BCUT2D eigenvalue weighted by atomic mass is 16.7. The minimum Gasteiger partial charge on any atom is -0.353 e. The Morgan fingerprint density at radius 2 is 2.06 bits per heavy atom. The maximum atomic E-state index is 5.87. The van der Waals surface area contributed by atoms with Crippen molar-refractivity contribution in [2.24, 2.45) is 7.05 Å². The lowest BCUT2D eigenvalue weighted by molar-refractivity contribution is -0.163. The van der Waals surface area contributed by atoms with Gasteiger partial charge in [0, 0.05) is 42.9 Å². The number of ether oxygens (including phenoxy) is 2. The van der Waals surface area contributed by atoms with Gasteiger partial charge in [0.25, 0.3) is 0 Å². The molecule has 0 radical (unpaired) electrons. The molecule has 1 fully saturated rings. The van der Waals surface area contributed by atoms with Gasteiger partial charge in [-0.05, 0) is 49.1 Å². The molecule has 180 valence electrons. The van der Waals surface area contributed by atoms with Gasteiger partial charge in [-0.1, -0.05) is 13.0 Å². The standard InChI is InChI=1S/C26H29N7O2/c1-18(24-15-27-25-9-8-23(30-33(24)25)21-14-28-31(2)16-21)19-6-7-22-20(13-19)17-32(29-22)10-12-35-26-5-3-4-11-34-26/h6-9,13-18,26H,3-5,10-12H2,1-2H3/t18?,26-/m0/s1. The Bertz CT molecular complexity index is 1460. The fraction of sp³-hybridized carbons (Fsp3) is 0.385. The lowest BCUT2D eigenvalue weighted by Gasteiger charge is -2.22. The molecule has 9 nitrogen and oxygen atoms in total. The van der Waals surface area contributed by atoms with Crippen LogP contribution in [0.2, 0.25) is 0 Å². The van der Waals surface area contributed by atoms with Gasteiger partial charge in [-0.15, -0.1) is 0 Å². The number of benzene rings is 1. The van der Waals surface area contributed by atoms with Crippen molar-refractivity contribution in [3.63, 3.8) is 0 Å². The van der Waals surface area contributed by atoms with Crippen molar-refractivity contribution in [1.29, 1.82) is 0 Å². The fourth-order valence-corrected chi connectivity index (χ4v) is 4.66. The van der Waals surface area contributed by atoms with Crippen LogP contribution in [0.3, 0.4) is 0 Å². The average molecular weight is 472 g/mol. The van der Waals surface area contributed by atoms with Crippen molar-refractivity contribution >= 4 is 16.6 Å². The highest BCUT2D eigenvalue weighted by Gasteiger charge is 2.17. The van der Waals surface area contributed by atoms with E-state index in [-0.39, 0.29) is 12.2 Å². The molecule has 1 saturated heterocycles. The summed E-state index contributed by atoms with van der Waals surface area (Å²) in [7, 11) is 1.91. The van der Waals surface area contributed by atoms with E-state index in [0.29, 0.717) is 13.2 Å². The SMILES string of the molecule is CC(c1ccc2nn(CCO[C@H]3CCCCO3)cc2c1)c1cnc2ccc(-c3cnn(C)c3)nn12. The maximum Gasteiger partial charge on any atom is 0.157 e. The molecule has 2 atom stereocenters. The fourth-order valence-electron chi connectivity index (χ4n) is 4.66. The van der Waals surface area contributed by atoms with E-state index in [9.17, 15) is 0 Å². The molecule has 5 heterocycles. The molecule has 0 bridgehead atoms. The van der Waals surface area contributed by atoms with E-state index in [1.165, 1.54) is 12.0 Å². The van der Waals surface area contributed by atoms with Crippen molar-refractivity contribution in [1.82, 2.24) is 34.2 Å². The second-order valence-electron chi connectivity index (χ2n) is 9.17. The lowest BCUT2D eigenvalue weighted by atomic mass is 9.97. The number of rotatable bonds is 7. The van der Waals surface area contributed by atoms with Crippen LogP contribution in [-0.4, -0.2) is 53.7 Å². The number of nitrogens with zero attached hydrogens (tertiary/aromatic N) is 7. The van der Waals surface area contributed by atoms with E-state index in [0.717, 1.165) is 52.9 Å². The number of aryl methyl sites for hydroxylation is 1. The Kier molecular flexibility index (Phi) is 5.79. The van der Waals surface area contributed by atoms with E-state index in [2.05, 4.69) is 41.4 Å². The molecule has 4 aromatic heterocycles. The molecule has 6 rings (SSSR count). The molecule has 0 amide bonds. The van der Waals surface area contributed by atoms with Gasteiger partial charge in [-0.2, -0.15) is 15.3 Å². The van der Waals surface area contributed by atoms with Crippen LogP contribution in [0.25, 0.3) is 27.8 Å². The molecular formula is C26H29N7O2. The predicted molar refractivity (Wildman–Crippen MR) is 132 cm³/mol. The molecule has 0 N–H and O–H groups in total. The van der Waals surface area contributed by atoms with Gasteiger partial charge in [0.2, 0.25) is 0 Å². The Morgan fingerprint density at radius 3 is 2.89 bits per heavy atom. The van der Waals surface area contributed by atoms with Crippen LogP contribution in [0.5, 0.6) is 0 Å². The van der Waals surface area contributed by atoms with Gasteiger partial charge >= 0.3 is 0 Å². The van der Waals surface area contributed by atoms with Gasteiger partial charge in [0.1, 0.15) is 0 Å². The number of imidazole rings is 1. The van der Waals surface area contributed by atoms with Gasteiger partial charge < -0.3 is 9.47 Å². The van der Waals surface area contributed by atoms with Crippen molar-refractivity contribution in [3.05, 3.63) is 66.4 Å². The first-order chi connectivity index (χ1) is 17.1. The van der Waals surface area contributed by atoms with E-state index in [1.807, 2.05) is 47.0 Å². The molecule has 1 aromatic carbocycles. The van der Waals surface area contributed by atoms with Crippen LogP contribution in [0, 0.1) is 0 Å². The third-order valence-electron chi connectivity index (χ3n) is 6.67. The molecule has 0 spiro atoms. The van der Waals surface area contributed by atoms with Crippen LogP contribution < -0.4 is 0 Å². The topological polar surface area (TPSA) is 84.3 Å². The average Bonchev–Trinajstić information content (AvgIpc) is 3.61. The normalized spacial score (nSPS) is 17.4. The number of hydrogen-bond acceptors (Lipinski definition) is 6. The van der Waals surface area contributed by atoms with Gasteiger partial charge in [0.15, 0.2) is 11.9 Å². The Balaban J connectivity index is 1.21. The van der Waals surface area contributed by atoms with E-state index in [1.54, 1.807) is 4.68 Å².